The van der Waals surface area contributed by atoms with Crippen molar-refractivity contribution < 1.29 is 24.5 Å². The van der Waals surface area contributed by atoms with Crippen molar-refractivity contribution >= 4 is 44.1 Å². The van der Waals surface area contributed by atoms with E-state index in [1.54, 1.807) is 30.3 Å². The Bertz CT molecular complexity index is 1560. The summed E-state index contributed by atoms with van der Waals surface area (Å²) in [5, 5.41) is 21.6. The molecule has 4 aromatic rings. The quantitative estimate of drug-likeness (QED) is 0.229. The van der Waals surface area contributed by atoms with Crippen LogP contribution in [0.15, 0.2) is 60.2 Å². The van der Waals surface area contributed by atoms with Gasteiger partial charge in [-0.15, -0.1) is 0 Å². The zero-order valence-corrected chi connectivity index (χ0v) is 20.4. The standard InChI is InChI=1S/C28H22N2O5S/c1-14-11-20-22(12-15(14)2)36-28(29-20)30-24(16-3-6-19(31)7-4-16)23(26(33)27(30)34)25(32)18-5-8-21-17(13-18)9-10-35-21/h3-8,11-13,24,31-32H,9-10H2,1-2H3/b25-23+. The Morgan fingerprint density at radius 2 is 1.81 bits per heavy atom. The Morgan fingerprint density at radius 3 is 2.58 bits per heavy atom. The van der Waals surface area contributed by atoms with Gasteiger partial charge in [-0.25, -0.2) is 4.98 Å². The summed E-state index contributed by atoms with van der Waals surface area (Å²) in [6.45, 7) is 4.57. The number of fused-ring (bicyclic) bond motifs is 2. The number of carbonyl (C=O) groups excluding carboxylic acids is 2. The number of ether oxygens (including phenoxy) is 1. The predicted octanol–water partition coefficient (Wildman–Crippen LogP) is 5.18. The van der Waals surface area contributed by atoms with Gasteiger partial charge >= 0.3 is 5.91 Å². The van der Waals surface area contributed by atoms with Gasteiger partial charge in [0.25, 0.3) is 5.78 Å². The van der Waals surface area contributed by atoms with Gasteiger partial charge in [0.05, 0.1) is 28.4 Å². The van der Waals surface area contributed by atoms with Crippen molar-refractivity contribution in [3.05, 3.63) is 88.0 Å². The lowest BCUT2D eigenvalue weighted by atomic mass is 9.94. The Balaban J connectivity index is 1.55. The van der Waals surface area contributed by atoms with E-state index < -0.39 is 17.7 Å². The van der Waals surface area contributed by atoms with Crippen molar-refractivity contribution in [1.29, 1.82) is 0 Å². The summed E-state index contributed by atoms with van der Waals surface area (Å²) in [5.41, 5.74) is 4.86. The zero-order chi connectivity index (χ0) is 25.1. The molecule has 1 saturated heterocycles. The maximum Gasteiger partial charge on any atom is 0.301 e. The normalized spacial score (nSPS) is 18.6. The second-order valence-corrected chi connectivity index (χ2v) is 10.1. The fraction of sp³-hybridized carbons (Fsp3) is 0.179. The molecule has 0 saturated carbocycles. The highest BCUT2D eigenvalue weighted by molar-refractivity contribution is 7.22. The summed E-state index contributed by atoms with van der Waals surface area (Å²) in [6, 6.07) is 14.6. The molecule has 2 aliphatic heterocycles. The van der Waals surface area contributed by atoms with Crippen molar-refractivity contribution in [2.75, 3.05) is 11.5 Å². The molecule has 1 atom stereocenters. The Kier molecular flexibility index (Phi) is 5.08. The molecule has 0 aliphatic carbocycles. The lowest BCUT2D eigenvalue weighted by Crippen LogP contribution is -2.29. The summed E-state index contributed by atoms with van der Waals surface area (Å²) in [6.07, 6.45) is 0.705. The number of thiazole rings is 1. The van der Waals surface area contributed by atoms with Gasteiger partial charge in [0.1, 0.15) is 17.3 Å². The molecule has 3 aromatic carbocycles. The molecule has 1 amide bonds. The lowest BCUT2D eigenvalue weighted by molar-refractivity contribution is -0.132. The van der Waals surface area contributed by atoms with Crippen LogP contribution in [0.3, 0.4) is 0 Å². The van der Waals surface area contributed by atoms with E-state index >= 15 is 0 Å². The molecule has 7 nitrogen and oxygen atoms in total. The van der Waals surface area contributed by atoms with Gasteiger partial charge in [0.2, 0.25) is 0 Å². The topological polar surface area (TPSA) is 100.0 Å². The van der Waals surface area contributed by atoms with Crippen molar-refractivity contribution in [2.45, 2.75) is 26.3 Å². The van der Waals surface area contributed by atoms with Crippen LogP contribution in [0.1, 0.15) is 33.9 Å². The second-order valence-electron chi connectivity index (χ2n) is 9.08. The maximum absolute atomic E-state index is 13.4. The minimum absolute atomic E-state index is 0.0174. The van der Waals surface area contributed by atoms with Crippen LogP contribution >= 0.6 is 11.3 Å². The first-order chi connectivity index (χ1) is 17.3. The Labute approximate surface area is 210 Å². The molecule has 180 valence electrons. The van der Waals surface area contributed by atoms with Crippen LogP contribution < -0.4 is 9.64 Å². The predicted molar refractivity (Wildman–Crippen MR) is 138 cm³/mol. The largest absolute Gasteiger partial charge is 0.508 e. The second kappa shape index (κ2) is 8.20. The number of carbonyl (C=O) groups is 2. The number of aryl methyl sites for hydroxylation is 2. The molecular weight excluding hydrogens is 476 g/mol. The number of Topliss-reactive ketones (excluding diaryl/α,β-unsaturated/α-hetero) is 1. The first kappa shape index (κ1) is 22.3. The number of benzene rings is 3. The van der Waals surface area contributed by atoms with Crippen LogP contribution in [-0.4, -0.2) is 33.5 Å². The number of amides is 1. The molecule has 0 radical (unpaired) electrons. The number of aromatic nitrogens is 1. The monoisotopic (exact) mass is 498 g/mol. The Hall–Kier alpha value is -4.17. The van der Waals surface area contributed by atoms with Crippen molar-refractivity contribution in [3.8, 4) is 11.5 Å². The first-order valence-corrected chi connectivity index (χ1v) is 12.4. The fourth-order valence-electron chi connectivity index (χ4n) is 4.76. The number of phenolic OH excluding ortho intramolecular Hbond substituents is 1. The number of ketones is 1. The minimum Gasteiger partial charge on any atom is -0.508 e. The third kappa shape index (κ3) is 3.45. The van der Waals surface area contributed by atoms with Crippen LogP contribution in [0.5, 0.6) is 11.5 Å². The fourth-order valence-corrected chi connectivity index (χ4v) is 5.83. The number of phenols is 1. The third-order valence-corrected chi connectivity index (χ3v) is 7.83. The summed E-state index contributed by atoms with van der Waals surface area (Å²) in [5.74, 6) is -0.987. The number of hydrogen-bond donors (Lipinski definition) is 2. The van der Waals surface area contributed by atoms with Crippen LogP contribution in [0, 0.1) is 13.8 Å². The first-order valence-electron chi connectivity index (χ1n) is 11.6. The number of hydrogen-bond acceptors (Lipinski definition) is 7. The third-order valence-electron chi connectivity index (χ3n) is 6.81. The minimum atomic E-state index is -0.905. The van der Waals surface area contributed by atoms with Gasteiger partial charge in [0.15, 0.2) is 5.13 Å². The van der Waals surface area contributed by atoms with E-state index in [-0.39, 0.29) is 17.1 Å². The van der Waals surface area contributed by atoms with Gasteiger partial charge in [-0.3, -0.25) is 14.5 Å². The van der Waals surface area contributed by atoms with Crippen LogP contribution in [0.4, 0.5) is 5.13 Å². The summed E-state index contributed by atoms with van der Waals surface area (Å²) >= 11 is 1.32. The molecule has 3 heterocycles. The van der Waals surface area contributed by atoms with Crippen molar-refractivity contribution in [3.63, 3.8) is 0 Å². The summed E-state index contributed by atoms with van der Waals surface area (Å²) in [7, 11) is 0. The van der Waals surface area contributed by atoms with Crippen molar-refractivity contribution in [1.82, 2.24) is 4.98 Å². The van der Waals surface area contributed by atoms with E-state index in [1.165, 1.54) is 28.4 Å². The number of aliphatic hydroxyl groups excluding tert-OH is 1. The van der Waals surface area contributed by atoms with Crippen LogP contribution in [0.25, 0.3) is 16.0 Å². The number of nitrogens with zero attached hydrogens (tertiary/aromatic N) is 2. The maximum atomic E-state index is 13.4. The van der Waals surface area contributed by atoms with Gasteiger partial charge in [-0.1, -0.05) is 23.5 Å². The smallest absolute Gasteiger partial charge is 0.301 e. The van der Waals surface area contributed by atoms with Gasteiger partial charge in [0, 0.05) is 12.0 Å². The van der Waals surface area contributed by atoms with Crippen LogP contribution in [0.2, 0.25) is 0 Å². The molecule has 0 spiro atoms. The van der Waals surface area contributed by atoms with E-state index in [0.717, 1.165) is 32.7 Å². The molecule has 1 fully saturated rings. The average Bonchev–Trinajstić information content (AvgIpc) is 3.55. The number of rotatable bonds is 3. The zero-order valence-electron chi connectivity index (χ0n) is 19.6. The lowest BCUT2D eigenvalue weighted by Gasteiger charge is -2.23. The molecule has 0 bridgehead atoms. The van der Waals surface area contributed by atoms with E-state index in [1.807, 2.05) is 26.0 Å². The average molecular weight is 499 g/mol. The molecule has 6 rings (SSSR count). The molecule has 1 unspecified atom stereocenters. The molecule has 1 aromatic heterocycles. The summed E-state index contributed by atoms with van der Waals surface area (Å²) in [4.78, 5) is 32.9. The van der Waals surface area contributed by atoms with Gasteiger partial charge in [-0.05, 0) is 78.6 Å². The SMILES string of the molecule is Cc1cc2nc(N3C(=O)C(=O)/C(=C(/O)c4ccc5c(c4)CCO5)C3c3ccc(O)cc3)sc2cc1C. The highest BCUT2D eigenvalue weighted by Crippen LogP contribution is 2.45. The molecule has 2 N–H and O–H groups in total. The van der Waals surface area contributed by atoms with E-state index in [0.29, 0.717) is 29.3 Å². The van der Waals surface area contributed by atoms with Gasteiger partial charge in [-0.2, -0.15) is 0 Å². The highest BCUT2D eigenvalue weighted by atomic mass is 32.1. The molecule has 36 heavy (non-hydrogen) atoms. The van der Waals surface area contributed by atoms with Gasteiger partial charge < -0.3 is 14.9 Å². The Morgan fingerprint density at radius 1 is 1.06 bits per heavy atom. The van der Waals surface area contributed by atoms with E-state index in [4.69, 9.17) is 4.74 Å². The molecular formula is C28H22N2O5S. The molecule has 2 aliphatic rings. The van der Waals surface area contributed by atoms with E-state index in [9.17, 15) is 19.8 Å². The summed E-state index contributed by atoms with van der Waals surface area (Å²) < 4.78 is 6.46. The number of anilines is 1. The van der Waals surface area contributed by atoms with E-state index in [2.05, 4.69) is 4.98 Å². The molecule has 8 heteroatoms. The number of aromatic hydroxyl groups is 1. The highest BCUT2D eigenvalue weighted by Gasteiger charge is 2.48. The van der Waals surface area contributed by atoms with Crippen LogP contribution in [-0.2, 0) is 16.0 Å². The van der Waals surface area contributed by atoms with Crippen molar-refractivity contribution in [2.24, 2.45) is 0 Å². The number of aliphatic hydroxyl groups is 1.